The molecule has 0 saturated carbocycles. The minimum absolute atomic E-state index is 0.0576. The zero-order chi connectivity index (χ0) is 9.45. The Hall–Kier alpha value is -0.0800. The van der Waals surface area contributed by atoms with Gasteiger partial charge in [-0.05, 0) is 20.3 Å². The Bertz CT molecular complexity index is 100. The summed E-state index contributed by atoms with van der Waals surface area (Å²) in [4.78, 5) is 0. The van der Waals surface area contributed by atoms with Gasteiger partial charge >= 0.3 is 0 Å². The van der Waals surface area contributed by atoms with Gasteiger partial charge in [0.2, 0.25) is 0 Å². The highest BCUT2D eigenvalue weighted by Crippen LogP contribution is 2.17. The molecule has 2 heteroatoms. The van der Waals surface area contributed by atoms with Crippen molar-refractivity contribution < 1.29 is 9.84 Å². The first-order valence-corrected chi connectivity index (χ1v) is 4.87. The Balaban J connectivity index is 3.42. The van der Waals surface area contributed by atoms with E-state index < -0.39 is 0 Å². The molecule has 0 amide bonds. The van der Waals surface area contributed by atoms with Crippen LogP contribution in [0.25, 0.3) is 0 Å². The van der Waals surface area contributed by atoms with Crippen LogP contribution >= 0.6 is 0 Å². The van der Waals surface area contributed by atoms with Crippen LogP contribution in [0.3, 0.4) is 0 Å². The van der Waals surface area contributed by atoms with Crippen molar-refractivity contribution in [3.05, 3.63) is 0 Å². The van der Waals surface area contributed by atoms with E-state index in [0.717, 1.165) is 6.42 Å². The number of hydrogen-bond donors (Lipinski definition) is 1. The lowest BCUT2D eigenvalue weighted by atomic mass is 10.0. The summed E-state index contributed by atoms with van der Waals surface area (Å²) >= 11 is 0. The second-order valence-corrected chi connectivity index (χ2v) is 3.79. The van der Waals surface area contributed by atoms with E-state index in [4.69, 9.17) is 9.84 Å². The van der Waals surface area contributed by atoms with Gasteiger partial charge in [0.05, 0.1) is 18.8 Å². The second-order valence-electron chi connectivity index (χ2n) is 3.79. The summed E-state index contributed by atoms with van der Waals surface area (Å²) in [5.41, 5.74) is -0.0576. The maximum absolute atomic E-state index is 8.58. The highest BCUT2D eigenvalue weighted by atomic mass is 16.5. The van der Waals surface area contributed by atoms with E-state index in [1.165, 1.54) is 19.3 Å². The van der Waals surface area contributed by atoms with Gasteiger partial charge in [-0.25, -0.2) is 0 Å². The molecule has 0 rings (SSSR count). The predicted molar refractivity (Wildman–Crippen MR) is 51.3 cm³/mol. The van der Waals surface area contributed by atoms with Crippen molar-refractivity contribution in [1.82, 2.24) is 0 Å². The van der Waals surface area contributed by atoms with Crippen LogP contribution in [-0.2, 0) is 4.74 Å². The van der Waals surface area contributed by atoms with Crippen molar-refractivity contribution in [3.8, 4) is 0 Å². The number of aliphatic hydroxyl groups excluding tert-OH is 1. The van der Waals surface area contributed by atoms with Crippen LogP contribution in [0.4, 0.5) is 0 Å². The van der Waals surface area contributed by atoms with Gasteiger partial charge in [-0.15, -0.1) is 0 Å². The molecule has 0 atom stereocenters. The summed E-state index contributed by atoms with van der Waals surface area (Å²) in [7, 11) is 0. The molecule has 0 aromatic rings. The summed E-state index contributed by atoms with van der Waals surface area (Å²) in [6.07, 6.45) is 4.82. The van der Waals surface area contributed by atoms with Crippen molar-refractivity contribution in [3.63, 3.8) is 0 Å². The quantitative estimate of drug-likeness (QED) is 0.600. The zero-order valence-corrected chi connectivity index (χ0v) is 8.60. The predicted octanol–water partition coefficient (Wildman–Crippen LogP) is 2.35. The Labute approximate surface area is 75.9 Å². The first-order valence-electron chi connectivity index (χ1n) is 4.87. The minimum atomic E-state index is -0.0576. The molecule has 1 N–H and O–H groups in total. The van der Waals surface area contributed by atoms with Crippen LogP contribution in [-0.4, -0.2) is 23.9 Å². The van der Waals surface area contributed by atoms with Gasteiger partial charge in [0.15, 0.2) is 0 Å². The van der Waals surface area contributed by atoms with E-state index in [9.17, 15) is 0 Å². The fourth-order valence-corrected chi connectivity index (χ4v) is 1.19. The maximum atomic E-state index is 8.58. The number of rotatable bonds is 7. The standard InChI is InChI=1S/C10H22O2/c1-4-5-6-7-10(2,3)12-9-8-11/h11H,4-9H2,1-3H3. The molecular weight excluding hydrogens is 152 g/mol. The van der Waals surface area contributed by atoms with Gasteiger partial charge in [-0.1, -0.05) is 26.2 Å². The Kier molecular flexibility index (Phi) is 6.39. The van der Waals surface area contributed by atoms with E-state index in [1.807, 2.05) is 0 Å². The molecule has 0 aromatic carbocycles. The Morgan fingerprint density at radius 2 is 1.92 bits per heavy atom. The van der Waals surface area contributed by atoms with Crippen LogP contribution < -0.4 is 0 Å². The highest BCUT2D eigenvalue weighted by molar-refractivity contribution is 4.67. The molecule has 0 radical (unpaired) electrons. The van der Waals surface area contributed by atoms with Gasteiger partial charge in [-0.2, -0.15) is 0 Å². The molecule has 0 aliphatic carbocycles. The molecule has 12 heavy (non-hydrogen) atoms. The number of ether oxygens (including phenoxy) is 1. The topological polar surface area (TPSA) is 29.5 Å². The molecule has 0 spiro atoms. The molecule has 0 unspecified atom stereocenters. The molecular formula is C10H22O2. The van der Waals surface area contributed by atoms with Crippen molar-refractivity contribution >= 4 is 0 Å². The normalized spacial score (nSPS) is 12.0. The van der Waals surface area contributed by atoms with Crippen molar-refractivity contribution in [2.45, 2.75) is 52.1 Å². The first-order chi connectivity index (χ1) is 5.62. The smallest absolute Gasteiger partial charge is 0.0704 e. The molecule has 0 bridgehead atoms. The third-order valence-electron chi connectivity index (χ3n) is 1.97. The average molecular weight is 174 g/mol. The van der Waals surface area contributed by atoms with Crippen molar-refractivity contribution in [1.29, 1.82) is 0 Å². The largest absolute Gasteiger partial charge is 0.394 e. The molecule has 0 aromatic heterocycles. The molecule has 0 fully saturated rings. The number of aliphatic hydroxyl groups is 1. The van der Waals surface area contributed by atoms with Crippen LogP contribution in [0.15, 0.2) is 0 Å². The maximum Gasteiger partial charge on any atom is 0.0704 e. The fourth-order valence-electron chi connectivity index (χ4n) is 1.19. The lowest BCUT2D eigenvalue weighted by molar-refractivity contribution is -0.0393. The minimum Gasteiger partial charge on any atom is -0.394 e. The van der Waals surface area contributed by atoms with Gasteiger partial charge in [0, 0.05) is 0 Å². The lowest BCUT2D eigenvalue weighted by Crippen LogP contribution is -2.25. The second kappa shape index (κ2) is 6.44. The molecule has 0 saturated heterocycles. The van der Waals surface area contributed by atoms with Gasteiger partial charge < -0.3 is 9.84 Å². The first kappa shape index (κ1) is 11.9. The zero-order valence-electron chi connectivity index (χ0n) is 8.60. The average Bonchev–Trinajstić information content (AvgIpc) is 2.01. The van der Waals surface area contributed by atoms with Crippen molar-refractivity contribution in [2.24, 2.45) is 0 Å². The van der Waals surface area contributed by atoms with E-state index in [-0.39, 0.29) is 12.2 Å². The lowest BCUT2D eigenvalue weighted by Gasteiger charge is -2.24. The van der Waals surface area contributed by atoms with E-state index in [0.29, 0.717) is 6.61 Å². The number of unbranched alkanes of at least 4 members (excludes halogenated alkanes) is 2. The molecule has 74 valence electrons. The van der Waals surface area contributed by atoms with E-state index >= 15 is 0 Å². The van der Waals surface area contributed by atoms with Crippen molar-refractivity contribution in [2.75, 3.05) is 13.2 Å². The van der Waals surface area contributed by atoms with E-state index in [1.54, 1.807) is 0 Å². The molecule has 2 nitrogen and oxygen atoms in total. The van der Waals surface area contributed by atoms with Crippen LogP contribution in [0.5, 0.6) is 0 Å². The summed E-state index contributed by atoms with van der Waals surface area (Å²) in [5, 5.41) is 8.58. The summed E-state index contributed by atoms with van der Waals surface area (Å²) in [6.45, 7) is 6.94. The van der Waals surface area contributed by atoms with Gasteiger partial charge in [0.25, 0.3) is 0 Å². The highest BCUT2D eigenvalue weighted by Gasteiger charge is 2.16. The molecule has 0 aliphatic heterocycles. The van der Waals surface area contributed by atoms with Crippen LogP contribution in [0, 0.1) is 0 Å². The summed E-state index contributed by atoms with van der Waals surface area (Å²) in [6, 6.07) is 0. The monoisotopic (exact) mass is 174 g/mol. The van der Waals surface area contributed by atoms with Gasteiger partial charge in [0.1, 0.15) is 0 Å². The van der Waals surface area contributed by atoms with Gasteiger partial charge in [-0.3, -0.25) is 0 Å². The Morgan fingerprint density at radius 1 is 1.25 bits per heavy atom. The fraction of sp³-hybridized carbons (Fsp3) is 1.00. The summed E-state index contributed by atoms with van der Waals surface area (Å²) < 4.78 is 5.48. The molecule has 0 heterocycles. The van der Waals surface area contributed by atoms with Crippen LogP contribution in [0.2, 0.25) is 0 Å². The third-order valence-corrected chi connectivity index (χ3v) is 1.97. The Morgan fingerprint density at radius 3 is 2.42 bits per heavy atom. The summed E-state index contributed by atoms with van der Waals surface area (Å²) in [5.74, 6) is 0. The van der Waals surface area contributed by atoms with Crippen LogP contribution in [0.1, 0.15) is 46.5 Å². The number of hydrogen-bond acceptors (Lipinski definition) is 2. The van der Waals surface area contributed by atoms with E-state index in [2.05, 4.69) is 20.8 Å². The SMILES string of the molecule is CCCCCC(C)(C)OCCO. The molecule has 0 aliphatic rings. The third kappa shape index (κ3) is 6.62.